The van der Waals surface area contributed by atoms with E-state index in [4.69, 9.17) is 18.0 Å². The van der Waals surface area contributed by atoms with Crippen molar-refractivity contribution in [1.29, 1.82) is 0 Å². The molecule has 2 N–H and O–H groups in total. The molecule has 1 unspecified atom stereocenters. The van der Waals surface area contributed by atoms with Crippen LogP contribution in [0.15, 0.2) is 12.1 Å². The lowest BCUT2D eigenvalue weighted by atomic mass is 10.1. The molecule has 2 rings (SSSR count). The fraction of sp³-hybridized carbons (Fsp3) is 0.500. The van der Waals surface area contributed by atoms with Gasteiger partial charge < -0.3 is 10.6 Å². The van der Waals surface area contributed by atoms with E-state index in [0.29, 0.717) is 6.54 Å². The Hall–Kier alpha value is -1.23. The van der Waals surface area contributed by atoms with Crippen molar-refractivity contribution in [3.63, 3.8) is 0 Å². The third kappa shape index (κ3) is 3.03. The maximum Gasteiger partial charge on any atom is 0.150 e. The molecule has 0 aliphatic carbocycles. The van der Waals surface area contributed by atoms with E-state index >= 15 is 0 Å². The van der Waals surface area contributed by atoms with Crippen molar-refractivity contribution < 1.29 is 8.78 Å². The first kappa shape index (κ1) is 14.2. The number of benzene rings is 1. The van der Waals surface area contributed by atoms with Gasteiger partial charge in [0.2, 0.25) is 0 Å². The van der Waals surface area contributed by atoms with Crippen molar-refractivity contribution in [3.05, 3.63) is 29.3 Å². The average Bonchev–Trinajstić information content (AvgIpc) is 2.54. The first-order chi connectivity index (χ1) is 9.00. The quantitative estimate of drug-likeness (QED) is 0.844. The van der Waals surface area contributed by atoms with E-state index in [2.05, 4.69) is 0 Å². The Kier molecular flexibility index (Phi) is 4.34. The minimum Gasteiger partial charge on any atom is -0.389 e. The summed E-state index contributed by atoms with van der Waals surface area (Å²) in [6.45, 7) is 2.69. The fourth-order valence-electron chi connectivity index (χ4n) is 2.59. The van der Waals surface area contributed by atoms with Gasteiger partial charge in [-0.05, 0) is 31.9 Å². The number of hydrogen-bond acceptors (Lipinski definition) is 2. The topological polar surface area (TPSA) is 29.3 Å². The van der Waals surface area contributed by atoms with Gasteiger partial charge in [0.05, 0.1) is 0 Å². The fourth-order valence-corrected chi connectivity index (χ4v) is 2.71. The van der Waals surface area contributed by atoms with Gasteiger partial charge in [0, 0.05) is 18.2 Å². The Bertz CT molecular complexity index is 467. The summed E-state index contributed by atoms with van der Waals surface area (Å²) in [5.74, 6) is -1.17. The molecule has 2 nitrogen and oxygen atoms in total. The lowest BCUT2D eigenvalue weighted by molar-refractivity contribution is 0.544. The van der Waals surface area contributed by atoms with E-state index in [1.54, 1.807) is 0 Å². The van der Waals surface area contributed by atoms with Crippen LogP contribution in [-0.4, -0.2) is 17.6 Å². The highest BCUT2D eigenvalue weighted by Crippen LogP contribution is 2.30. The predicted molar refractivity (Wildman–Crippen MR) is 77.5 cm³/mol. The van der Waals surface area contributed by atoms with E-state index in [1.165, 1.54) is 12.1 Å². The third-order valence-electron chi connectivity index (χ3n) is 3.64. The first-order valence-electron chi connectivity index (χ1n) is 6.56. The molecule has 1 aliphatic heterocycles. The van der Waals surface area contributed by atoms with Crippen LogP contribution in [0.1, 0.15) is 38.2 Å². The maximum absolute atomic E-state index is 14.2. The van der Waals surface area contributed by atoms with E-state index in [-0.39, 0.29) is 22.3 Å². The van der Waals surface area contributed by atoms with Gasteiger partial charge in [-0.3, -0.25) is 0 Å². The molecule has 1 atom stereocenters. The summed E-state index contributed by atoms with van der Waals surface area (Å²) in [6, 6.07) is 2.58. The van der Waals surface area contributed by atoms with Gasteiger partial charge in [-0.25, -0.2) is 8.78 Å². The summed E-state index contributed by atoms with van der Waals surface area (Å²) in [6.07, 6.45) is 4.12. The van der Waals surface area contributed by atoms with Crippen LogP contribution in [0.5, 0.6) is 0 Å². The van der Waals surface area contributed by atoms with Crippen molar-refractivity contribution in [2.24, 2.45) is 5.73 Å². The van der Waals surface area contributed by atoms with E-state index < -0.39 is 11.6 Å². The minimum absolute atomic E-state index is 0.00765. The van der Waals surface area contributed by atoms with Crippen molar-refractivity contribution in [3.8, 4) is 0 Å². The molecule has 5 heteroatoms. The molecule has 1 fully saturated rings. The molecule has 0 aromatic heterocycles. The van der Waals surface area contributed by atoms with E-state index in [0.717, 1.165) is 25.7 Å². The molecule has 19 heavy (non-hydrogen) atoms. The summed E-state index contributed by atoms with van der Waals surface area (Å²) >= 11 is 4.76. The maximum atomic E-state index is 14.2. The smallest absolute Gasteiger partial charge is 0.150 e. The number of halogens is 2. The molecule has 0 bridgehead atoms. The second kappa shape index (κ2) is 5.82. The second-order valence-electron chi connectivity index (χ2n) is 5.04. The summed E-state index contributed by atoms with van der Waals surface area (Å²) in [5, 5.41) is 0. The summed E-state index contributed by atoms with van der Waals surface area (Å²) in [5.41, 5.74) is 5.70. The summed E-state index contributed by atoms with van der Waals surface area (Å²) in [7, 11) is 0. The molecular formula is C14H18F2N2S. The number of nitrogens with two attached hydrogens (primary N) is 1. The van der Waals surface area contributed by atoms with Crippen LogP contribution < -0.4 is 10.6 Å². The highest BCUT2D eigenvalue weighted by Gasteiger charge is 2.24. The molecule has 0 saturated carbocycles. The van der Waals surface area contributed by atoms with Gasteiger partial charge in [0.1, 0.15) is 22.3 Å². The van der Waals surface area contributed by atoms with Crippen LogP contribution in [0.3, 0.4) is 0 Å². The van der Waals surface area contributed by atoms with Crippen LogP contribution >= 0.6 is 12.2 Å². The number of hydrogen-bond donors (Lipinski definition) is 1. The highest BCUT2D eigenvalue weighted by atomic mass is 32.1. The Morgan fingerprint density at radius 2 is 1.89 bits per heavy atom. The number of rotatable bonds is 2. The zero-order chi connectivity index (χ0) is 14.0. The van der Waals surface area contributed by atoms with Crippen LogP contribution in [-0.2, 0) is 0 Å². The summed E-state index contributed by atoms with van der Waals surface area (Å²) < 4.78 is 28.3. The number of nitrogens with zero attached hydrogens (tertiary/aromatic N) is 1. The third-order valence-corrected chi connectivity index (χ3v) is 3.88. The molecule has 1 saturated heterocycles. The lowest BCUT2D eigenvalue weighted by Crippen LogP contribution is -2.34. The molecule has 1 aliphatic rings. The molecular weight excluding hydrogens is 266 g/mol. The first-order valence-corrected chi connectivity index (χ1v) is 6.97. The molecule has 0 radical (unpaired) electrons. The van der Waals surface area contributed by atoms with Crippen molar-refractivity contribution in [2.75, 3.05) is 11.4 Å². The minimum atomic E-state index is -0.587. The average molecular weight is 284 g/mol. The van der Waals surface area contributed by atoms with E-state index in [9.17, 15) is 8.78 Å². The Labute approximate surface area is 117 Å². The van der Waals surface area contributed by atoms with Gasteiger partial charge in [-0.15, -0.1) is 0 Å². The highest BCUT2D eigenvalue weighted by molar-refractivity contribution is 7.80. The normalized spacial score (nSPS) is 20.2. The van der Waals surface area contributed by atoms with Gasteiger partial charge >= 0.3 is 0 Å². The van der Waals surface area contributed by atoms with Gasteiger partial charge in [0.15, 0.2) is 0 Å². The standard InChI is InChI=1S/C14H18F2N2S/c1-9-5-3-2-4-6-18(9)13-11(15)7-10(14(17)19)8-12(13)16/h7-9H,2-6H2,1H3,(H2,17,19). The Balaban J connectivity index is 2.40. The van der Waals surface area contributed by atoms with Crippen LogP contribution in [0.4, 0.5) is 14.5 Å². The lowest BCUT2D eigenvalue weighted by Gasteiger charge is -2.30. The van der Waals surface area contributed by atoms with E-state index in [1.807, 2.05) is 11.8 Å². The molecule has 1 aromatic rings. The Morgan fingerprint density at radius 3 is 2.47 bits per heavy atom. The van der Waals surface area contributed by atoms with Gasteiger partial charge in [-0.1, -0.05) is 25.1 Å². The van der Waals surface area contributed by atoms with Gasteiger partial charge in [-0.2, -0.15) is 0 Å². The van der Waals surface area contributed by atoms with Crippen molar-refractivity contribution in [1.82, 2.24) is 0 Å². The van der Waals surface area contributed by atoms with Gasteiger partial charge in [0.25, 0.3) is 0 Å². The number of anilines is 1. The second-order valence-corrected chi connectivity index (χ2v) is 5.48. The number of thiocarbonyl (C=S) groups is 1. The van der Waals surface area contributed by atoms with Crippen molar-refractivity contribution >= 4 is 22.9 Å². The molecule has 0 amide bonds. The molecule has 1 heterocycles. The zero-order valence-corrected chi connectivity index (χ0v) is 11.8. The predicted octanol–water partition coefficient (Wildman–Crippen LogP) is 3.37. The van der Waals surface area contributed by atoms with Crippen molar-refractivity contribution in [2.45, 2.75) is 38.6 Å². The monoisotopic (exact) mass is 284 g/mol. The molecule has 1 aromatic carbocycles. The Morgan fingerprint density at radius 1 is 1.26 bits per heavy atom. The molecule has 104 valence electrons. The van der Waals surface area contributed by atoms with Crippen LogP contribution in [0, 0.1) is 11.6 Å². The zero-order valence-electron chi connectivity index (χ0n) is 11.0. The molecule has 0 spiro atoms. The van der Waals surface area contributed by atoms with Crippen LogP contribution in [0.25, 0.3) is 0 Å². The summed E-state index contributed by atoms with van der Waals surface area (Å²) in [4.78, 5) is 1.83. The largest absolute Gasteiger partial charge is 0.389 e. The van der Waals surface area contributed by atoms with Crippen LogP contribution in [0.2, 0.25) is 0 Å². The SMILES string of the molecule is CC1CCCCCN1c1c(F)cc(C(N)=S)cc1F.